The van der Waals surface area contributed by atoms with Crippen molar-refractivity contribution in [2.45, 2.75) is 31.8 Å². The molecule has 1 aliphatic rings. The molecule has 0 saturated heterocycles. The third-order valence-corrected chi connectivity index (χ3v) is 5.23. The van der Waals surface area contributed by atoms with Crippen LogP contribution in [-0.2, 0) is 13.1 Å². The van der Waals surface area contributed by atoms with Crippen molar-refractivity contribution >= 4 is 17.4 Å². The zero-order valence-electron chi connectivity index (χ0n) is 17.3. The molecular weight excluding hydrogens is 404 g/mol. The first-order valence-corrected chi connectivity index (χ1v) is 10.5. The summed E-state index contributed by atoms with van der Waals surface area (Å²) in [7, 11) is 0. The Hall–Kier alpha value is -4.14. The zero-order valence-corrected chi connectivity index (χ0v) is 17.3. The van der Waals surface area contributed by atoms with Gasteiger partial charge in [0.05, 0.1) is 36.5 Å². The van der Waals surface area contributed by atoms with Crippen molar-refractivity contribution in [1.29, 1.82) is 0 Å². The Labute approximate surface area is 185 Å². The van der Waals surface area contributed by atoms with Crippen molar-refractivity contribution in [3.8, 4) is 0 Å². The molecule has 1 fully saturated rings. The van der Waals surface area contributed by atoms with E-state index in [0.717, 1.165) is 29.9 Å². The molecule has 32 heavy (non-hydrogen) atoms. The van der Waals surface area contributed by atoms with Gasteiger partial charge in [-0.25, -0.2) is 24.9 Å². The number of benzene rings is 1. The second kappa shape index (κ2) is 8.93. The van der Waals surface area contributed by atoms with E-state index in [9.17, 15) is 4.79 Å². The average Bonchev–Trinajstić information content (AvgIpc) is 3.59. The van der Waals surface area contributed by atoms with Crippen LogP contribution in [0.15, 0.2) is 67.6 Å². The van der Waals surface area contributed by atoms with Crippen molar-refractivity contribution in [2.24, 2.45) is 0 Å². The first-order valence-electron chi connectivity index (χ1n) is 10.5. The average molecular weight is 426 g/mol. The van der Waals surface area contributed by atoms with E-state index in [0.29, 0.717) is 24.0 Å². The van der Waals surface area contributed by atoms with E-state index >= 15 is 0 Å². The molecule has 0 spiro atoms. The van der Waals surface area contributed by atoms with E-state index < -0.39 is 0 Å². The molecule has 1 aromatic carbocycles. The van der Waals surface area contributed by atoms with E-state index in [4.69, 9.17) is 0 Å². The quantitative estimate of drug-likeness (QED) is 0.445. The van der Waals surface area contributed by atoms with Crippen LogP contribution in [0.25, 0.3) is 0 Å². The highest BCUT2D eigenvalue weighted by Gasteiger charge is 2.27. The fraction of sp³-hybridized carbons (Fsp3) is 0.217. The standard InChI is InChI=1S/C23H22N8O/c32-23(28-13-20-26-8-9-31(20)14-16-4-2-1-3-5-16)21-22(29-18-10-24-15-25-11-18)27-12-19(30-21)17-6-7-17/h1-5,8-12,15,17H,6-7,13-14H2,(H,27,29)(H,28,32). The van der Waals surface area contributed by atoms with Crippen LogP contribution in [-0.4, -0.2) is 35.4 Å². The molecule has 0 atom stereocenters. The summed E-state index contributed by atoms with van der Waals surface area (Å²) in [5, 5.41) is 6.04. The molecule has 3 heterocycles. The molecule has 0 radical (unpaired) electrons. The minimum Gasteiger partial charge on any atom is -0.343 e. The van der Waals surface area contributed by atoms with Gasteiger partial charge < -0.3 is 15.2 Å². The summed E-state index contributed by atoms with van der Waals surface area (Å²) < 4.78 is 2.02. The third-order valence-electron chi connectivity index (χ3n) is 5.23. The molecule has 1 saturated carbocycles. The number of carbonyl (C=O) groups is 1. The number of hydrogen-bond donors (Lipinski definition) is 2. The SMILES string of the molecule is O=C(NCc1nccn1Cc1ccccc1)c1nc(C2CC2)cnc1Nc1cncnc1. The van der Waals surface area contributed by atoms with E-state index in [1.54, 1.807) is 24.8 Å². The van der Waals surface area contributed by atoms with Crippen LogP contribution in [0.5, 0.6) is 0 Å². The van der Waals surface area contributed by atoms with E-state index in [1.807, 2.05) is 29.0 Å². The summed E-state index contributed by atoms with van der Waals surface area (Å²) in [6.45, 7) is 0.964. The number of nitrogens with one attached hydrogen (secondary N) is 2. The van der Waals surface area contributed by atoms with Gasteiger partial charge in [0.1, 0.15) is 12.2 Å². The number of carbonyl (C=O) groups excluding carboxylic acids is 1. The van der Waals surface area contributed by atoms with Crippen molar-refractivity contribution in [1.82, 2.24) is 34.8 Å². The highest BCUT2D eigenvalue weighted by atomic mass is 16.1. The Bertz CT molecular complexity index is 1210. The van der Waals surface area contributed by atoms with Crippen LogP contribution in [0, 0.1) is 0 Å². The summed E-state index contributed by atoms with van der Waals surface area (Å²) in [5.74, 6) is 1.20. The molecule has 0 bridgehead atoms. The maximum Gasteiger partial charge on any atom is 0.274 e. The van der Waals surface area contributed by atoms with Crippen LogP contribution in [0.4, 0.5) is 11.5 Å². The minimum atomic E-state index is -0.311. The molecule has 9 heteroatoms. The molecule has 1 amide bonds. The van der Waals surface area contributed by atoms with E-state index in [2.05, 4.69) is 47.7 Å². The molecule has 0 aliphatic heterocycles. The van der Waals surface area contributed by atoms with Gasteiger partial charge >= 0.3 is 0 Å². The fourth-order valence-corrected chi connectivity index (χ4v) is 3.40. The van der Waals surface area contributed by atoms with Gasteiger partial charge in [0.15, 0.2) is 11.5 Å². The Kier molecular flexibility index (Phi) is 5.52. The van der Waals surface area contributed by atoms with Crippen molar-refractivity contribution in [3.63, 3.8) is 0 Å². The second-order valence-electron chi connectivity index (χ2n) is 7.66. The Morgan fingerprint density at radius 2 is 1.88 bits per heavy atom. The number of imidazole rings is 1. The van der Waals surface area contributed by atoms with Crippen LogP contribution in [0.2, 0.25) is 0 Å². The number of nitrogens with zero attached hydrogens (tertiary/aromatic N) is 6. The predicted octanol–water partition coefficient (Wildman–Crippen LogP) is 3.06. The van der Waals surface area contributed by atoms with Gasteiger partial charge in [-0.2, -0.15) is 0 Å². The number of aromatic nitrogens is 6. The monoisotopic (exact) mass is 426 g/mol. The van der Waals surface area contributed by atoms with Gasteiger partial charge in [0, 0.05) is 24.9 Å². The topological polar surface area (TPSA) is 111 Å². The third kappa shape index (κ3) is 4.61. The first kappa shape index (κ1) is 19.8. The molecule has 1 aliphatic carbocycles. The van der Waals surface area contributed by atoms with Gasteiger partial charge in [-0.05, 0) is 18.4 Å². The van der Waals surface area contributed by atoms with E-state index in [1.165, 1.54) is 6.33 Å². The molecule has 9 nitrogen and oxygen atoms in total. The van der Waals surface area contributed by atoms with Crippen molar-refractivity contribution in [3.05, 3.63) is 90.4 Å². The number of rotatable bonds is 8. The number of anilines is 2. The molecule has 3 aromatic heterocycles. The fourth-order valence-electron chi connectivity index (χ4n) is 3.40. The molecule has 5 rings (SSSR count). The summed E-state index contributed by atoms with van der Waals surface area (Å²) in [4.78, 5) is 34.6. The molecule has 0 unspecified atom stereocenters. The summed E-state index contributed by atoms with van der Waals surface area (Å²) in [5.41, 5.74) is 2.89. The van der Waals surface area contributed by atoms with Gasteiger partial charge in [-0.3, -0.25) is 4.79 Å². The lowest BCUT2D eigenvalue weighted by Gasteiger charge is -2.12. The van der Waals surface area contributed by atoms with Crippen LogP contribution in [0.1, 0.15) is 46.3 Å². The molecule has 160 valence electrons. The minimum absolute atomic E-state index is 0.249. The summed E-state index contributed by atoms with van der Waals surface area (Å²) >= 11 is 0. The lowest BCUT2D eigenvalue weighted by molar-refractivity contribution is 0.0945. The van der Waals surface area contributed by atoms with Gasteiger partial charge in [0.2, 0.25) is 0 Å². The lowest BCUT2D eigenvalue weighted by atomic mass is 10.2. The lowest BCUT2D eigenvalue weighted by Crippen LogP contribution is -2.27. The normalized spacial score (nSPS) is 13.0. The summed E-state index contributed by atoms with van der Waals surface area (Å²) in [6, 6.07) is 10.1. The molecule has 4 aromatic rings. The van der Waals surface area contributed by atoms with Crippen LogP contribution >= 0.6 is 0 Å². The Morgan fingerprint density at radius 3 is 2.66 bits per heavy atom. The maximum absolute atomic E-state index is 13.1. The van der Waals surface area contributed by atoms with Crippen LogP contribution < -0.4 is 10.6 Å². The first-order chi connectivity index (χ1) is 15.8. The smallest absolute Gasteiger partial charge is 0.274 e. The highest BCUT2D eigenvalue weighted by molar-refractivity contribution is 5.97. The predicted molar refractivity (Wildman–Crippen MR) is 118 cm³/mol. The number of hydrogen-bond acceptors (Lipinski definition) is 7. The van der Waals surface area contributed by atoms with E-state index in [-0.39, 0.29) is 18.1 Å². The van der Waals surface area contributed by atoms with Gasteiger partial charge in [-0.1, -0.05) is 30.3 Å². The van der Waals surface area contributed by atoms with Gasteiger partial charge in [0.25, 0.3) is 5.91 Å². The largest absolute Gasteiger partial charge is 0.343 e. The highest BCUT2D eigenvalue weighted by Crippen LogP contribution is 2.39. The molecular formula is C23H22N8O. The Balaban J connectivity index is 1.33. The van der Waals surface area contributed by atoms with Crippen LogP contribution in [0.3, 0.4) is 0 Å². The van der Waals surface area contributed by atoms with Gasteiger partial charge in [-0.15, -0.1) is 0 Å². The maximum atomic E-state index is 13.1. The van der Waals surface area contributed by atoms with Crippen molar-refractivity contribution < 1.29 is 4.79 Å². The summed E-state index contributed by atoms with van der Waals surface area (Å²) in [6.07, 6.45) is 12.2. The second-order valence-corrected chi connectivity index (χ2v) is 7.66. The zero-order chi connectivity index (χ0) is 21.8. The Morgan fingerprint density at radius 1 is 1.06 bits per heavy atom. The molecule has 2 N–H and O–H groups in total. The van der Waals surface area contributed by atoms with Crippen molar-refractivity contribution in [2.75, 3.05) is 5.32 Å². The number of amides is 1.